The van der Waals surface area contributed by atoms with Gasteiger partial charge >= 0.3 is 0 Å². The average molecular weight is 360 g/mol. The Balaban J connectivity index is 1.59. The van der Waals surface area contributed by atoms with Crippen LogP contribution in [0.1, 0.15) is 36.8 Å². The zero-order chi connectivity index (χ0) is 18.7. The van der Waals surface area contributed by atoms with Crippen LogP contribution in [-0.4, -0.2) is 10.9 Å². The molecule has 1 amide bonds. The number of carbonyl (C=O) groups excluding carboxylic acids is 1. The van der Waals surface area contributed by atoms with E-state index in [9.17, 15) is 13.6 Å². The number of nitrogens with zero attached hydrogens (tertiary/aromatic N) is 1. The van der Waals surface area contributed by atoms with Crippen molar-refractivity contribution in [3.63, 3.8) is 0 Å². The molecule has 0 saturated heterocycles. The highest BCUT2D eigenvalue weighted by Gasteiger charge is 2.17. The van der Waals surface area contributed by atoms with Gasteiger partial charge in [0.15, 0.2) is 11.7 Å². The first-order valence-electron chi connectivity index (χ1n) is 8.19. The van der Waals surface area contributed by atoms with E-state index in [2.05, 4.69) is 10.3 Å². The molecule has 136 valence electrons. The van der Waals surface area contributed by atoms with Crippen molar-refractivity contribution in [2.45, 2.75) is 32.7 Å². The molecule has 2 heterocycles. The summed E-state index contributed by atoms with van der Waals surface area (Å²) in [6, 6.07) is 6.94. The van der Waals surface area contributed by atoms with E-state index in [4.69, 9.17) is 8.83 Å². The Bertz CT molecular complexity index is 897. The number of hydrogen-bond donors (Lipinski definition) is 1. The van der Waals surface area contributed by atoms with Crippen LogP contribution in [0.15, 0.2) is 45.4 Å². The molecule has 0 radical (unpaired) electrons. The van der Waals surface area contributed by atoms with E-state index in [0.717, 1.165) is 17.9 Å². The van der Waals surface area contributed by atoms with Crippen LogP contribution in [0.3, 0.4) is 0 Å². The second kappa shape index (κ2) is 7.51. The van der Waals surface area contributed by atoms with Crippen LogP contribution >= 0.6 is 0 Å². The van der Waals surface area contributed by atoms with Crippen molar-refractivity contribution in [2.75, 3.05) is 0 Å². The lowest BCUT2D eigenvalue weighted by Gasteiger charge is -2.10. The van der Waals surface area contributed by atoms with Crippen LogP contribution in [0.4, 0.5) is 8.78 Å². The van der Waals surface area contributed by atoms with Crippen LogP contribution in [0.5, 0.6) is 0 Å². The summed E-state index contributed by atoms with van der Waals surface area (Å²) in [6.45, 7) is 3.65. The molecule has 1 aromatic carbocycles. The van der Waals surface area contributed by atoms with Gasteiger partial charge in [0.05, 0.1) is 17.8 Å². The molecule has 0 fully saturated rings. The zero-order valence-electron chi connectivity index (χ0n) is 14.4. The molecular formula is C19H18F2N2O3. The molecule has 3 rings (SSSR count). The van der Waals surface area contributed by atoms with Gasteiger partial charge in [-0.25, -0.2) is 13.8 Å². The Morgan fingerprint density at radius 3 is 2.58 bits per heavy atom. The number of aromatic nitrogens is 1. The van der Waals surface area contributed by atoms with Gasteiger partial charge in [-0.15, -0.1) is 0 Å². The van der Waals surface area contributed by atoms with Gasteiger partial charge in [0.2, 0.25) is 5.91 Å². The van der Waals surface area contributed by atoms with E-state index in [1.165, 1.54) is 12.3 Å². The first-order chi connectivity index (χ1) is 12.4. The number of amides is 1. The summed E-state index contributed by atoms with van der Waals surface area (Å²) < 4.78 is 38.4. The fraction of sp³-hybridized carbons (Fsp3) is 0.263. The van der Waals surface area contributed by atoms with Crippen molar-refractivity contribution in [1.82, 2.24) is 10.3 Å². The van der Waals surface area contributed by atoms with Crippen LogP contribution < -0.4 is 5.32 Å². The lowest BCUT2D eigenvalue weighted by Crippen LogP contribution is -2.26. The van der Waals surface area contributed by atoms with Crippen molar-refractivity contribution < 1.29 is 22.4 Å². The number of carbonyl (C=O) groups is 1. The minimum Gasteiger partial charge on any atom is -0.464 e. The summed E-state index contributed by atoms with van der Waals surface area (Å²) in [5.74, 6) is 0.0113. The number of benzene rings is 1. The highest BCUT2D eigenvalue weighted by atomic mass is 19.1. The minimum absolute atomic E-state index is 0.00423. The summed E-state index contributed by atoms with van der Waals surface area (Å²) >= 11 is 0. The number of rotatable bonds is 6. The maximum absolute atomic E-state index is 13.8. The molecule has 0 aliphatic heterocycles. The van der Waals surface area contributed by atoms with Crippen LogP contribution in [0.25, 0.3) is 11.3 Å². The molecule has 5 nitrogen and oxygen atoms in total. The van der Waals surface area contributed by atoms with E-state index in [-0.39, 0.29) is 42.0 Å². The van der Waals surface area contributed by atoms with Crippen LogP contribution in [-0.2, 0) is 11.2 Å². The summed E-state index contributed by atoms with van der Waals surface area (Å²) in [4.78, 5) is 16.0. The quantitative estimate of drug-likeness (QED) is 0.710. The Morgan fingerprint density at radius 2 is 1.92 bits per heavy atom. The lowest BCUT2D eigenvalue weighted by molar-refractivity contribution is -0.121. The van der Waals surface area contributed by atoms with Gasteiger partial charge in [-0.3, -0.25) is 4.79 Å². The van der Waals surface area contributed by atoms with Gasteiger partial charge in [-0.1, -0.05) is 6.07 Å². The van der Waals surface area contributed by atoms with Crippen LogP contribution in [0, 0.1) is 18.6 Å². The molecule has 1 unspecified atom stereocenters. The third-order valence-electron chi connectivity index (χ3n) is 3.89. The Morgan fingerprint density at radius 1 is 1.19 bits per heavy atom. The Kier molecular flexibility index (Phi) is 5.16. The van der Waals surface area contributed by atoms with Crippen LogP contribution in [0.2, 0.25) is 0 Å². The summed E-state index contributed by atoms with van der Waals surface area (Å²) in [7, 11) is 0. The van der Waals surface area contributed by atoms with E-state index < -0.39 is 11.6 Å². The van der Waals surface area contributed by atoms with Gasteiger partial charge in [0, 0.05) is 12.8 Å². The number of nitrogens with one attached hydrogen (secondary N) is 1. The molecule has 1 N–H and O–H groups in total. The molecule has 2 aromatic heterocycles. The molecule has 3 aromatic rings. The first-order valence-corrected chi connectivity index (χ1v) is 8.19. The van der Waals surface area contributed by atoms with Gasteiger partial charge in [-0.05, 0) is 38.1 Å². The highest BCUT2D eigenvalue weighted by Crippen LogP contribution is 2.26. The minimum atomic E-state index is -0.729. The molecular weight excluding hydrogens is 342 g/mol. The first kappa shape index (κ1) is 17.8. The molecule has 0 aliphatic rings. The largest absolute Gasteiger partial charge is 0.464 e. The Labute approximate surface area is 149 Å². The molecule has 0 aliphatic carbocycles. The standard InChI is InChI=1S/C19H18F2N2O3/c1-11-6-7-15(25-11)12(2)23-17(24)8-9-18-22-10-16(26-18)19-13(20)4-3-5-14(19)21/h3-7,10,12H,8-9H2,1-2H3,(H,23,24). The predicted octanol–water partition coefficient (Wildman–Crippen LogP) is 4.33. The van der Waals surface area contributed by atoms with E-state index in [1.807, 2.05) is 26.0 Å². The number of halogens is 2. The average Bonchev–Trinajstić information content (AvgIpc) is 3.22. The smallest absolute Gasteiger partial charge is 0.221 e. The number of oxazole rings is 1. The second-order valence-electron chi connectivity index (χ2n) is 5.95. The van der Waals surface area contributed by atoms with Gasteiger partial charge in [-0.2, -0.15) is 0 Å². The maximum atomic E-state index is 13.8. The maximum Gasteiger partial charge on any atom is 0.221 e. The highest BCUT2D eigenvalue weighted by molar-refractivity contribution is 5.76. The molecule has 0 saturated carbocycles. The van der Waals surface area contributed by atoms with Crippen molar-refractivity contribution >= 4 is 5.91 Å². The third kappa shape index (κ3) is 3.99. The van der Waals surface area contributed by atoms with E-state index in [0.29, 0.717) is 5.76 Å². The van der Waals surface area contributed by atoms with Gasteiger partial charge in [0.25, 0.3) is 0 Å². The van der Waals surface area contributed by atoms with Crippen molar-refractivity contribution in [3.8, 4) is 11.3 Å². The topological polar surface area (TPSA) is 68.3 Å². The fourth-order valence-corrected chi connectivity index (χ4v) is 2.57. The number of hydrogen-bond acceptors (Lipinski definition) is 4. The molecule has 26 heavy (non-hydrogen) atoms. The lowest BCUT2D eigenvalue weighted by atomic mass is 10.1. The second-order valence-corrected chi connectivity index (χ2v) is 5.95. The molecule has 1 atom stereocenters. The summed E-state index contributed by atoms with van der Waals surface area (Å²) in [5.41, 5.74) is -0.266. The van der Waals surface area contributed by atoms with Crippen molar-refractivity contribution in [1.29, 1.82) is 0 Å². The van der Waals surface area contributed by atoms with Crippen molar-refractivity contribution in [3.05, 3.63) is 65.6 Å². The fourth-order valence-electron chi connectivity index (χ4n) is 2.57. The monoisotopic (exact) mass is 360 g/mol. The van der Waals surface area contributed by atoms with Crippen molar-refractivity contribution in [2.24, 2.45) is 0 Å². The molecule has 0 bridgehead atoms. The summed E-state index contributed by atoms with van der Waals surface area (Å²) in [5, 5.41) is 2.81. The number of furan rings is 1. The Hall–Kier alpha value is -2.96. The normalized spacial score (nSPS) is 12.2. The van der Waals surface area contributed by atoms with Gasteiger partial charge < -0.3 is 14.2 Å². The predicted molar refractivity (Wildman–Crippen MR) is 90.2 cm³/mol. The number of aryl methyl sites for hydroxylation is 2. The zero-order valence-corrected chi connectivity index (χ0v) is 14.4. The SMILES string of the molecule is Cc1ccc(C(C)NC(=O)CCc2ncc(-c3c(F)cccc3F)o2)o1. The molecule has 0 spiro atoms. The van der Waals surface area contributed by atoms with E-state index >= 15 is 0 Å². The van der Waals surface area contributed by atoms with E-state index in [1.54, 1.807) is 0 Å². The third-order valence-corrected chi connectivity index (χ3v) is 3.89. The van der Waals surface area contributed by atoms with Gasteiger partial charge in [0.1, 0.15) is 23.2 Å². The molecule has 7 heteroatoms. The summed E-state index contributed by atoms with van der Waals surface area (Å²) in [6.07, 6.45) is 1.60.